The van der Waals surface area contributed by atoms with Crippen molar-refractivity contribution in [2.24, 2.45) is 0 Å². The van der Waals surface area contributed by atoms with Crippen LogP contribution < -0.4 is 10.6 Å². The number of aromatic nitrogens is 1. The molecule has 10 nitrogen and oxygen atoms in total. The van der Waals surface area contributed by atoms with E-state index in [1.807, 2.05) is 0 Å². The van der Waals surface area contributed by atoms with Crippen molar-refractivity contribution in [2.75, 3.05) is 17.7 Å². The van der Waals surface area contributed by atoms with Gasteiger partial charge in [-0.1, -0.05) is 5.16 Å². The molecule has 0 radical (unpaired) electrons. The van der Waals surface area contributed by atoms with E-state index in [1.165, 1.54) is 25.1 Å². The van der Waals surface area contributed by atoms with Crippen LogP contribution in [0.2, 0.25) is 0 Å². The van der Waals surface area contributed by atoms with Gasteiger partial charge >= 0.3 is 5.97 Å². The molecule has 0 spiro atoms. The van der Waals surface area contributed by atoms with E-state index in [1.54, 1.807) is 14.0 Å². The molecule has 2 aromatic rings. The van der Waals surface area contributed by atoms with Gasteiger partial charge in [-0.2, -0.15) is 0 Å². The van der Waals surface area contributed by atoms with Gasteiger partial charge in [0.25, 0.3) is 11.6 Å². The topological polar surface area (TPSA) is 137 Å². The van der Waals surface area contributed by atoms with Crippen LogP contribution >= 0.6 is 0 Å². The van der Waals surface area contributed by atoms with Crippen molar-refractivity contribution in [3.05, 3.63) is 45.7 Å². The van der Waals surface area contributed by atoms with Crippen LogP contribution in [0.15, 0.2) is 28.8 Å². The number of nitro benzene ring substituents is 1. The van der Waals surface area contributed by atoms with Gasteiger partial charge in [-0.25, -0.2) is 4.79 Å². The maximum atomic E-state index is 12.3. The van der Waals surface area contributed by atoms with Gasteiger partial charge in [-0.15, -0.1) is 0 Å². The lowest BCUT2D eigenvalue weighted by atomic mass is 10.1. The van der Waals surface area contributed by atoms with Gasteiger partial charge in [0, 0.05) is 30.9 Å². The molecule has 1 amide bonds. The van der Waals surface area contributed by atoms with Crippen LogP contribution in [-0.2, 0) is 9.53 Å². The standard InChI is InChI=1S/C15H16N4O6/c1-8-6-13(18-25-8)17-14(20)9(2)24-15(21)11-7-10(19(22)23)4-5-12(11)16-3/h4-7,9,16H,1-3H3,(H,17,18,20)/t9-/m0/s1. The number of benzene rings is 1. The highest BCUT2D eigenvalue weighted by atomic mass is 16.6. The van der Waals surface area contributed by atoms with Crippen molar-refractivity contribution < 1.29 is 23.8 Å². The van der Waals surface area contributed by atoms with E-state index < -0.39 is 22.9 Å². The summed E-state index contributed by atoms with van der Waals surface area (Å²) in [5, 5.41) is 19.6. The molecule has 1 aromatic heterocycles. The zero-order chi connectivity index (χ0) is 18.6. The quantitative estimate of drug-likeness (QED) is 0.460. The summed E-state index contributed by atoms with van der Waals surface area (Å²) in [6, 6.07) is 5.23. The van der Waals surface area contributed by atoms with Gasteiger partial charge < -0.3 is 19.9 Å². The first-order chi connectivity index (χ1) is 11.8. The molecule has 1 atom stereocenters. The maximum absolute atomic E-state index is 12.3. The molecule has 0 bridgehead atoms. The minimum Gasteiger partial charge on any atom is -0.449 e. The smallest absolute Gasteiger partial charge is 0.341 e. The molecule has 0 aliphatic carbocycles. The van der Waals surface area contributed by atoms with E-state index in [4.69, 9.17) is 9.26 Å². The van der Waals surface area contributed by atoms with Crippen molar-refractivity contribution >= 4 is 29.1 Å². The molecule has 0 aliphatic rings. The Morgan fingerprint density at radius 1 is 1.36 bits per heavy atom. The third-order valence-corrected chi connectivity index (χ3v) is 3.24. The minimum atomic E-state index is -1.14. The second-order valence-corrected chi connectivity index (χ2v) is 5.10. The molecule has 25 heavy (non-hydrogen) atoms. The summed E-state index contributed by atoms with van der Waals surface area (Å²) in [4.78, 5) is 34.5. The Kier molecular flexibility index (Phi) is 5.32. The lowest BCUT2D eigenvalue weighted by molar-refractivity contribution is -0.384. The second kappa shape index (κ2) is 7.43. The molecule has 0 fully saturated rings. The maximum Gasteiger partial charge on any atom is 0.341 e. The molecule has 132 valence electrons. The molecule has 0 saturated heterocycles. The third kappa shape index (κ3) is 4.31. The molecule has 0 saturated carbocycles. The van der Waals surface area contributed by atoms with E-state index >= 15 is 0 Å². The van der Waals surface area contributed by atoms with Gasteiger partial charge in [0.15, 0.2) is 11.9 Å². The molecule has 1 aromatic carbocycles. The van der Waals surface area contributed by atoms with E-state index in [0.29, 0.717) is 11.4 Å². The summed E-state index contributed by atoms with van der Waals surface area (Å²) < 4.78 is 9.90. The fourth-order valence-corrected chi connectivity index (χ4v) is 1.96. The molecular formula is C15H16N4O6. The largest absolute Gasteiger partial charge is 0.449 e. The van der Waals surface area contributed by atoms with Gasteiger partial charge in [0.1, 0.15) is 5.76 Å². The van der Waals surface area contributed by atoms with Crippen LogP contribution in [0, 0.1) is 17.0 Å². The summed E-state index contributed by atoms with van der Waals surface area (Å²) in [7, 11) is 1.56. The highest BCUT2D eigenvalue weighted by Gasteiger charge is 2.23. The first-order valence-electron chi connectivity index (χ1n) is 7.23. The van der Waals surface area contributed by atoms with Crippen molar-refractivity contribution in [3.8, 4) is 0 Å². The number of carbonyl (C=O) groups excluding carboxylic acids is 2. The normalized spacial score (nSPS) is 11.5. The number of rotatable bonds is 6. The molecular weight excluding hydrogens is 332 g/mol. The van der Waals surface area contributed by atoms with Gasteiger partial charge in [-0.3, -0.25) is 14.9 Å². The first-order valence-corrected chi connectivity index (χ1v) is 7.23. The molecule has 1 heterocycles. The van der Waals surface area contributed by atoms with E-state index in [-0.39, 0.29) is 17.1 Å². The Morgan fingerprint density at radius 2 is 2.08 bits per heavy atom. The minimum absolute atomic E-state index is 0.0476. The third-order valence-electron chi connectivity index (χ3n) is 3.24. The number of nitro groups is 1. The number of esters is 1. The van der Waals surface area contributed by atoms with E-state index in [0.717, 1.165) is 6.07 Å². The van der Waals surface area contributed by atoms with Crippen LogP contribution in [0.4, 0.5) is 17.2 Å². The fraction of sp³-hybridized carbons (Fsp3) is 0.267. The Morgan fingerprint density at radius 3 is 2.64 bits per heavy atom. The highest BCUT2D eigenvalue weighted by Crippen LogP contribution is 2.23. The molecule has 10 heteroatoms. The first kappa shape index (κ1) is 17.9. The molecule has 0 unspecified atom stereocenters. The van der Waals surface area contributed by atoms with Crippen LogP contribution in [0.3, 0.4) is 0 Å². The van der Waals surface area contributed by atoms with Gasteiger partial charge in [-0.05, 0) is 19.9 Å². The number of hydrogen-bond acceptors (Lipinski definition) is 8. The van der Waals surface area contributed by atoms with Crippen LogP contribution in [0.25, 0.3) is 0 Å². The van der Waals surface area contributed by atoms with E-state index in [9.17, 15) is 19.7 Å². The fourth-order valence-electron chi connectivity index (χ4n) is 1.96. The highest BCUT2D eigenvalue weighted by molar-refractivity contribution is 5.99. The van der Waals surface area contributed by atoms with Crippen molar-refractivity contribution in [2.45, 2.75) is 20.0 Å². The Labute approximate surface area is 142 Å². The van der Waals surface area contributed by atoms with Gasteiger partial charge in [0.2, 0.25) is 0 Å². The zero-order valence-electron chi connectivity index (χ0n) is 13.7. The van der Waals surface area contributed by atoms with Crippen molar-refractivity contribution in [1.29, 1.82) is 0 Å². The summed E-state index contributed by atoms with van der Waals surface area (Å²) in [6.45, 7) is 3.03. The summed E-state index contributed by atoms with van der Waals surface area (Å²) >= 11 is 0. The van der Waals surface area contributed by atoms with Crippen LogP contribution in [-0.4, -0.2) is 35.1 Å². The molecule has 0 aliphatic heterocycles. The molecule has 2 rings (SSSR count). The van der Waals surface area contributed by atoms with Gasteiger partial charge in [0.05, 0.1) is 10.5 Å². The SMILES string of the molecule is CNc1ccc([N+](=O)[O-])cc1C(=O)O[C@@H](C)C(=O)Nc1cc(C)on1. The predicted molar refractivity (Wildman–Crippen MR) is 87.4 cm³/mol. The number of ether oxygens (including phenoxy) is 1. The lowest BCUT2D eigenvalue weighted by Crippen LogP contribution is -2.30. The van der Waals surface area contributed by atoms with Crippen LogP contribution in [0.5, 0.6) is 0 Å². The number of non-ortho nitro benzene ring substituents is 1. The number of nitrogens with one attached hydrogen (secondary N) is 2. The average Bonchev–Trinajstić information content (AvgIpc) is 2.98. The second-order valence-electron chi connectivity index (χ2n) is 5.10. The Bertz CT molecular complexity index is 816. The zero-order valence-corrected chi connectivity index (χ0v) is 13.7. The number of anilines is 2. The predicted octanol–water partition coefficient (Wildman–Crippen LogP) is 2.12. The average molecular weight is 348 g/mol. The summed E-state index contributed by atoms with van der Waals surface area (Å²) in [5.74, 6) is -0.781. The number of hydrogen-bond donors (Lipinski definition) is 2. The summed E-state index contributed by atoms with van der Waals surface area (Å²) in [6.07, 6.45) is -1.14. The Balaban J connectivity index is 2.11. The summed E-state index contributed by atoms with van der Waals surface area (Å²) in [5.41, 5.74) is 0.0325. The van der Waals surface area contributed by atoms with Crippen molar-refractivity contribution in [3.63, 3.8) is 0 Å². The number of carbonyl (C=O) groups is 2. The monoisotopic (exact) mass is 348 g/mol. The number of amides is 1. The number of nitrogens with zero attached hydrogens (tertiary/aromatic N) is 2. The van der Waals surface area contributed by atoms with Crippen molar-refractivity contribution in [1.82, 2.24) is 5.16 Å². The van der Waals surface area contributed by atoms with E-state index in [2.05, 4.69) is 15.8 Å². The lowest BCUT2D eigenvalue weighted by Gasteiger charge is -2.14. The number of aryl methyl sites for hydroxylation is 1. The molecule has 2 N–H and O–H groups in total. The van der Waals surface area contributed by atoms with Crippen LogP contribution in [0.1, 0.15) is 23.0 Å². The Hall–Kier alpha value is -3.43.